The van der Waals surface area contributed by atoms with Gasteiger partial charge in [-0.05, 0) is 126 Å². The number of aromatic amines is 3. The number of H-pyrrole nitrogens is 3. The average Bonchev–Trinajstić information content (AvgIpc) is 1.73. The molecule has 0 fully saturated rings. The molecular weight excluding hydrogens is 1520 g/mol. The molecule has 0 aliphatic carbocycles. The molecule has 10 rings (SSSR count). The van der Waals surface area contributed by atoms with E-state index in [9.17, 15) is 41.5 Å². The lowest BCUT2D eigenvalue weighted by molar-refractivity contribution is -0.120. The molecule has 32 nitrogen and oxygen atoms in total. The van der Waals surface area contributed by atoms with Gasteiger partial charge in [-0.1, -0.05) is 105 Å². The summed E-state index contributed by atoms with van der Waals surface area (Å²) in [6, 6.07) is 49.8. The molecule has 14 N–H and O–H groups in total. The maximum Gasteiger partial charge on any atom is 0.408 e. The highest BCUT2D eigenvalue weighted by Gasteiger charge is 2.21. The highest BCUT2D eigenvalue weighted by atomic mass is 35.5. The summed E-state index contributed by atoms with van der Waals surface area (Å²) >= 11 is 4.81. The first-order chi connectivity index (χ1) is 52.9. The Labute approximate surface area is 660 Å². The number of alkyl carbamates (subject to hydrolysis) is 2. The number of nitrogens with one attached hydrogen (secondary N) is 7. The lowest BCUT2D eigenvalue weighted by Gasteiger charge is -2.19. The lowest BCUT2D eigenvalue weighted by atomic mass is 10.2. The van der Waals surface area contributed by atoms with Gasteiger partial charge in [0.05, 0.1) is 88.6 Å². The summed E-state index contributed by atoms with van der Waals surface area (Å²) in [5, 5.41) is 45.1. The Balaban J connectivity index is 0.000000459. The van der Waals surface area contributed by atoms with Gasteiger partial charge in [-0.15, -0.1) is 12.4 Å². The van der Waals surface area contributed by atoms with Crippen molar-refractivity contribution in [1.29, 1.82) is 5.26 Å². The molecule has 0 saturated heterocycles. The maximum absolute atomic E-state index is 12.5. The summed E-state index contributed by atoms with van der Waals surface area (Å²) < 4.78 is 92.5. The first-order valence-electron chi connectivity index (χ1n) is 32.7. The topological polar surface area (TPSA) is 463 Å². The Morgan fingerprint density at radius 1 is 0.504 bits per heavy atom. The zero-order valence-corrected chi connectivity index (χ0v) is 64.1. The molecule has 113 heavy (non-hydrogen) atoms. The van der Waals surface area contributed by atoms with E-state index in [0.29, 0.717) is 74.9 Å². The zero-order valence-electron chi connectivity index (χ0n) is 62.5. The van der Waals surface area contributed by atoms with E-state index in [1.807, 2.05) is 109 Å². The van der Waals surface area contributed by atoms with Crippen LogP contribution >= 0.6 is 24.6 Å². The van der Waals surface area contributed by atoms with Gasteiger partial charge in [0.25, 0.3) is 11.8 Å². The van der Waals surface area contributed by atoms with Gasteiger partial charge in [0.15, 0.2) is 17.5 Å². The molecule has 0 spiro atoms. The number of ether oxygens (including phenoxy) is 9. The van der Waals surface area contributed by atoms with Crippen LogP contribution in [0.25, 0.3) is 34.2 Å². The summed E-state index contributed by atoms with van der Waals surface area (Å²) in [4.78, 5) is 69.1. The fraction of sp³-hybridized carbons (Fsp3) is 0.267. The molecule has 0 aliphatic rings. The lowest BCUT2D eigenvalue weighted by Crippen LogP contribution is -2.41. The second-order valence-electron chi connectivity index (χ2n) is 23.5. The number of carboxylic acids is 1. The largest absolute Gasteiger partial charge is 0.496 e. The smallest absolute Gasteiger partial charge is 0.408 e. The van der Waals surface area contributed by atoms with Gasteiger partial charge in [0, 0.05) is 0 Å². The number of nitrogens with zero attached hydrogens (tertiary/aromatic N) is 7. The number of methoxy groups -OCH3 is 5. The SMILES string of the molecule is C.CC(C)(C)OC(=O)NCC(=O)NN.COc1ccccc1-c1n[nH]c(CN)n1.COc1ccccc1-c1n[nH]c(CNC(=O)OC(C)(C)C)n1.COc1ccccc1-c1n[nH]c(CNC(=O)c2ccccc2OC(F)F)n1.COc1ccccc1C#N.COc1ccccc1C(N)=S.Cl.O=C(O)c1ccccc1OC(F)F. The Kier molecular flexibility index (Phi) is 42.2. The van der Waals surface area contributed by atoms with Crippen molar-refractivity contribution >= 4 is 59.6 Å². The van der Waals surface area contributed by atoms with Gasteiger partial charge in [-0.2, -0.15) is 38.1 Å². The van der Waals surface area contributed by atoms with Crippen molar-refractivity contribution in [2.24, 2.45) is 17.3 Å². The van der Waals surface area contributed by atoms with E-state index in [4.69, 9.17) is 73.1 Å². The molecule has 0 aliphatic heterocycles. The molecule has 38 heteroatoms. The normalized spacial score (nSPS) is 10.1. The molecule has 0 bridgehead atoms. The number of nitrogens with two attached hydrogens (primary N) is 3. The third kappa shape index (κ3) is 34.5. The molecule has 0 radical (unpaired) electrons. The van der Waals surface area contributed by atoms with Crippen molar-refractivity contribution in [3.63, 3.8) is 0 Å². The number of carboxylic acid groups (broad SMARTS) is 1. The highest BCUT2D eigenvalue weighted by molar-refractivity contribution is 7.80. The van der Waals surface area contributed by atoms with Crippen molar-refractivity contribution in [3.05, 3.63) is 210 Å². The molecule has 7 aromatic carbocycles. The zero-order chi connectivity index (χ0) is 82.1. The van der Waals surface area contributed by atoms with Crippen LogP contribution in [0, 0.1) is 11.3 Å². The second-order valence-corrected chi connectivity index (χ2v) is 24.0. The number of thiocarbonyl (C=S) groups is 1. The van der Waals surface area contributed by atoms with E-state index >= 15 is 0 Å². The number of aromatic nitrogens is 9. The molecule has 0 unspecified atom stereocenters. The molecule has 3 heterocycles. The fourth-order valence-corrected chi connectivity index (χ4v) is 8.68. The Hall–Kier alpha value is -13.2. The van der Waals surface area contributed by atoms with Crippen molar-refractivity contribution in [2.45, 2.75) is 93.0 Å². The first-order valence-corrected chi connectivity index (χ1v) is 33.1. The first kappa shape index (κ1) is 95.9. The number of nitriles is 1. The number of halogens is 5. The van der Waals surface area contributed by atoms with Crippen molar-refractivity contribution in [3.8, 4) is 80.5 Å². The van der Waals surface area contributed by atoms with Crippen molar-refractivity contribution in [2.75, 3.05) is 42.1 Å². The number of carbonyl (C=O) groups excluding carboxylic acids is 4. The van der Waals surface area contributed by atoms with Crippen LogP contribution in [-0.2, 0) is 33.9 Å². The molecule has 0 saturated carbocycles. The van der Waals surface area contributed by atoms with Crippen molar-refractivity contribution < 1.29 is 89.3 Å². The van der Waals surface area contributed by atoms with Gasteiger partial charge in [0.2, 0.25) is 0 Å². The molecule has 4 amide bonds. The van der Waals surface area contributed by atoms with Gasteiger partial charge in [-0.25, -0.2) is 35.2 Å². The van der Waals surface area contributed by atoms with E-state index in [2.05, 4.69) is 71.0 Å². The van der Waals surface area contributed by atoms with Crippen LogP contribution in [0.4, 0.5) is 27.2 Å². The Morgan fingerprint density at radius 2 is 0.841 bits per heavy atom. The number of carbonyl (C=O) groups is 5. The van der Waals surface area contributed by atoms with Gasteiger partial charge < -0.3 is 75.2 Å². The minimum atomic E-state index is -3.02. The number of hydrogen-bond acceptors (Lipinski definition) is 24. The molecule has 3 aromatic heterocycles. The number of hydrogen-bond donors (Lipinski definition) is 11. The quantitative estimate of drug-likeness (QED) is 0.00987. The number of alkyl halides is 4. The van der Waals surface area contributed by atoms with Gasteiger partial charge in [0.1, 0.15) is 92.1 Å². The van der Waals surface area contributed by atoms with Crippen LogP contribution < -0.4 is 71.8 Å². The monoisotopic (exact) mass is 1610 g/mol. The standard InChI is InChI=1S/C18H16F2N4O3.C15H20N4O3.C10H12N4O.C8H6F2O3.C8H9NOS.C8H7NO.C7H15N3O3.CH4.ClH/c1-26-13-8-4-2-6-11(13)16-22-15(23-24-16)10-21-17(25)12-7-3-5-9-14(12)27-18(19)20;1-15(2,3)22-14(20)16-9-12-17-13(19-18-12)10-7-5-6-8-11(10)21-4;1-15-8-5-3-2-4-7(8)10-12-9(6-11)13-14-10;9-8(10)13-6-4-2-1-3-5(6)7(11)12;1-10-7-5-3-2-4-6(7)8(9)11;1-10-8-5-3-2-4-7(8)6-9;1-7(2,3)13-6(12)9-4-5(11)10-8;;/h2-9,18H,10H2,1H3,(H,21,25)(H,22,23,24);5-8H,9H2,1-4H3,(H,16,20)(H,17,18,19);2-5H,6,11H2,1H3,(H,12,13,14);1-4,8H,(H,11,12);2-5H,1H3,(H2,9,11);2-5H,1H3;4,8H2,1-3H3,(H,9,12)(H,10,11);1H4;1H. The van der Waals surface area contributed by atoms with Crippen LogP contribution in [0.1, 0.15) is 98.3 Å². The van der Waals surface area contributed by atoms with E-state index in [1.54, 1.807) is 107 Å². The predicted molar refractivity (Wildman–Crippen MR) is 417 cm³/mol. The van der Waals surface area contributed by atoms with Crippen LogP contribution in [0.2, 0.25) is 0 Å². The molecule has 606 valence electrons. The minimum absolute atomic E-state index is 0. The summed E-state index contributed by atoms with van der Waals surface area (Å²) in [6.45, 7) is 4.98. The Morgan fingerprint density at radius 3 is 1.19 bits per heavy atom. The van der Waals surface area contributed by atoms with Crippen LogP contribution in [0.3, 0.4) is 0 Å². The summed E-state index contributed by atoms with van der Waals surface area (Å²) in [7, 11) is 7.91. The van der Waals surface area contributed by atoms with Gasteiger partial charge >= 0.3 is 31.4 Å². The maximum atomic E-state index is 12.5. The molecular formula is C75H90ClF4N17O15S. The van der Waals surface area contributed by atoms with Crippen molar-refractivity contribution in [1.82, 2.24) is 66.9 Å². The molecule has 0 atom stereocenters. The van der Waals surface area contributed by atoms with E-state index in [1.165, 1.54) is 42.5 Å². The summed E-state index contributed by atoms with van der Waals surface area (Å²) in [5.74, 6) is 8.46. The second kappa shape index (κ2) is 49.8. The Bertz CT molecular complexity index is 4640. The number of para-hydroxylation sites is 7. The third-order valence-electron chi connectivity index (χ3n) is 13.3. The third-order valence-corrected chi connectivity index (χ3v) is 13.5. The predicted octanol–water partition coefficient (Wildman–Crippen LogP) is 11.9. The van der Waals surface area contributed by atoms with E-state index < -0.39 is 54.4 Å². The minimum Gasteiger partial charge on any atom is -0.496 e. The number of benzene rings is 7. The fourth-order valence-electron chi connectivity index (χ4n) is 8.51. The van der Waals surface area contributed by atoms with Gasteiger partial charge in [-0.3, -0.25) is 30.3 Å². The van der Waals surface area contributed by atoms with E-state index in [-0.39, 0.29) is 62.1 Å². The summed E-state index contributed by atoms with van der Waals surface area (Å²) in [6.07, 6.45) is -1.14. The number of rotatable bonds is 22. The van der Waals surface area contributed by atoms with Crippen LogP contribution in [-0.4, -0.2) is 152 Å². The number of hydrazine groups is 1. The number of aromatic carboxylic acids is 1. The summed E-state index contributed by atoms with van der Waals surface area (Å²) in [5.41, 5.74) is 15.1. The molecule has 10 aromatic rings. The van der Waals surface area contributed by atoms with E-state index in [0.717, 1.165) is 28.2 Å². The number of amides is 4. The van der Waals surface area contributed by atoms with Crippen LogP contribution in [0.5, 0.6) is 40.2 Å². The highest BCUT2D eigenvalue weighted by Crippen LogP contribution is 2.30. The van der Waals surface area contributed by atoms with Crippen LogP contribution in [0.15, 0.2) is 170 Å². The average molecular weight is 1610 g/mol.